The monoisotopic (exact) mass is 166 g/mol. The third-order valence-electron chi connectivity index (χ3n) is 2.78. The third-order valence-corrected chi connectivity index (χ3v) is 2.78. The topological polar surface area (TPSA) is 0 Å². The van der Waals surface area contributed by atoms with Crippen molar-refractivity contribution in [3.05, 3.63) is 12.2 Å². The molecule has 1 rings (SSSR count). The van der Waals surface area contributed by atoms with Gasteiger partial charge in [0.25, 0.3) is 0 Å². The number of hydrogen-bond acceptors (Lipinski definition) is 0. The lowest BCUT2D eigenvalue weighted by Gasteiger charge is -2.14. The van der Waals surface area contributed by atoms with E-state index < -0.39 is 0 Å². The van der Waals surface area contributed by atoms with Gasteiger partial charge in [0.15, 0.2) is 0 Å². The first kappa shape index (κ1) is 9.83. The van der Waals surface area contributed by atoms with Crippen LogP contribution in [0.25, 0.3) is 0 Å². The zero-order chi connectivity index (χ0) is 8.65. The lowest BCUT2D eigenvalue weighted by atomic mass is 9.92. The highest BCUT2D eigenvalue weighted by Crippen LogP contribution is 2.21. The summed E-state index contributed by atoms with van der Waals surface area (Å²) in [4.78, 5) is 0. The fourth-order valence-electron chi connectivity index (χ4n) is 1.94. The van der Waals surface area contributed by atoms with Crippen LogP contribution < -0.4 is 0 Å². The van der Waals surface area contributed by atoms with E-state index in [1.807, 2.05) is 0 Å². The predicted molar refractivity (Wildman–Crippen MR) is 55.2 cm³/mol. The van der Waals surface area contributed by atoms with Gasteiger partial charge in [-0.1, -0.05) is 44.8 Å². The molecule has 0 fully saturated rings. The van der Waals surface area contributed by atoms with E-state index in [1.54, 1.807) is 0 Å². The largest absolute Gasteiger partial charge is 0.0883 e. The quantitative estimate of drug-likeness (QED) is 0.548. The molecule has 0 radical (unpaired) electrons. The Morgan fingerprint density at radius 2 is 2.17 bits per heavy atom. The van der Waals surface area contributed by atoms with Gasteiger partial charge in [-0.3, -0.25) is 0 Å². The van der Waals surface area contributed by atoms with Crippen molar-refractivity contribution >= 4 is 0 Å². The molecule has 0 heterocycles. The Kier molecular flexibility index (Phi) is 5.14. The Labute approximate surface area is 77.1 Å². The molecule has 0 spiro atoms. The molecule has 0 saturated heterocycles. The van der Waals surface area contributed by atoms with Gasteiger partial charge in [-0.05, 0) is 31.6 Å². The van der Waals surface area contributed by atoms with Gasteiger partial charge < -0.3 is 0 Å². The minimum absolute atomic E-state index is 0.908. The second-order valence-corrected chi connectivity index (χ2v) is 3.97. The van der Waals surface area contributed by atoms with Crippen LogP contribution in [0, 0.1) is 5.92 Å². The number of allylic oxidation sites excluding steroid dienone is 2. The Morgan fingerprint density at radius 1 is 1.25 bits per heavy atom. The molecule has 0 aromatic heterocycles. The standard InChI is InChI=1S/C12H22/c1-2-3-9-12-10-7-5-4-6-8-11-12/h7,10,12H,2-6,8-9,11H2,1H3/b10-7-. The first-order valence-corrected chi connectivity index (χ1v) is 5.60. The van der Waals surface area contributed by atoms with E-state index in [2.05, 4.69) is 19.1 Å². The minimum Gasteiger partial charge on any atom is -0.0883 e. The van der Waals surface area contributed by atoms with E-state index in [1.165, 1.54) is 51.4 Å². The van der Waals surface area contributed by atoms with Gasteiger partial charge in [0, 0.05) is 0 Å². The molecule has 0 N–H and O–H groups in total. The van der Waals surface area contributed by atoms with Gasteiger partial charge in [0.2, 0.25) is 0 Å². The summed E-state index contributed by atoms with van der Waals surface area (Å²) >= 11 is 0. The molecule has 0 aromatic carbocycles. The maximum Gasteiger partial charge on any atom is -0.0234 e. The first-order valence-electron chi connectivity index (χ1n) is 5.60. The smallest absolute Gasteiger partial charge is 0.0234 e. The maximum atomic E-state index is 2.47. The molecule has 70 valence electrons. The van der Waals surface area contributed by atoms with Crippen molar-refractivity contribution in [3.63, 3.8) is 0 Å². The van der Waals surface area contributed by atoms with Crippen molar-refractivity contribution in [2.75, 3.05) is 0 Å². The summed E-state index contributed by atoms with van der Waals surface area (Å²) in [6.45, 7) is 2.28. The van der Waals surface area contributed by atoms with Gasteiger partial charge >= 0.3 is 0 Å². The van der Waals surface area contributed by atoms with Gasteiger partial charge in [-0.2, -0.15) is 0 Å². The second kappa shape index (κ2) is 6.28. The number of hydrogen-bond donors (Lipinski definition) is 0. The molecule has 0 heteroatoms. The molecule has 1 atom stereocenters. The normalized spacial score (nSPS) is 27.6. The zero-order valence-corrected chi connectivity index (χ0v) is 8.39. The SMILES string of the molecule is CCCCC1/C=C\CCCCC1. The van der Waals surface area contributed by atoms with E-state index >= 15 is 0 Å². The van der Waals surface area contributed by atoms with Crippen LogP contribution in [0.15, 0.2) is 12.2 Å². The minimum atomic E-state index is 0.908. The molecule has 0 saturated carbocycles. The van der Waals surface area contributed by atoms with Gasteiger partial charge in [-0.25, -0.2) is 0 Å². The summed E-state index contributed by atoms with van der Waals surface area (Å²) in [5.41, 5.74) is 0. The Morgan fingerprint density at radius 3 is 3.00 bits per heavy atom. The highest BCUT2D eigenvalue weighted by molar-refractivity contribution is 4.89. The summed E-state index contributed by atoms with van der Waals surface area (Å²) < 4.78 is 0. The van der Waals surface area contributed by atoms with Crippen molar-refractivity contribution in [2.24, 2.45) is 5.92 Å². The van der Waals surface area contributed by atoms with Gasteiger partial charge in [0.1, 0.15) is 0 Å². The fraction of sp³-hybridized carbons (Fsp3) is 0.833. The van der Waals surface area contributed by atoms with Gasteiger partial charge in [-0.15, -0.1) is 0 Å². The van der Waals surface area contributed by atoms with Crippen LogP contribution in [0.3, 0.4) is 0 Å². The van der Waals surface area contributed by atoms with Crippen LogP contribution >= 0.6 is 0 Å². The molecule has 0 bridgehead atoms. The van der Waals surface area contributed by atoms with E-state index in [4.69, 9.17) is 0 Å². The zero-order valence-electron chi connectivity index (χ0n) is 8.39. The Hall–Kier alpha value is -0.260. The number of unbranched alkanes of at least 4 members (excludes halogenated alkanes) is 1. The molecule has 12 heavy (non-hydrogen) atoms. The van der Waals surface area contributed by atoms with Crippen molar-refractivity contribution in [2.45, 2.75) is 58.3 Å². The highest BCUT2D eigenvalue weighted by atomic mass is 14.1. The lowest BCUT2D eigenvalue weighted by Crippen LogP contribution is -1.98. The van der Waals surface area contributed by atoms with Crippen LogP contribution in [0.2, 0.25) is 0 Å². The first-order chi connectivity index (χ1) is 5.93. The second-order valence-electron chi connectivity index (χ2n) is 3.97. The van der Waals surface area contributed by atoms with Crippen molar-refractivity contribution in [1.82, 2.24) is 0 Å². The molecular formula is C12H22. The van der Waals surface area contributed by atoms with Crippen molar-refractivity contribution in [1.29, 1.82) is 0 Å². The summed E-state index contributed by atoms with van der Waals surface area (Å²) in [6.07, 6.45) is 16.1. The van der Waals surface area contributed by atoms with Crippen LogP contribution in [-0.2, 0) is 0 Å². The van der Waals surface area contributed by atoms with E-state index in [0.717, 1.165) is 5.92 Å². The van der Waals surface area contributed by atoms with Crippen LogP contribution in [0.5, 0.6) is 0 Å². The van der Waals surface area contributed by atoms with Crippen LogP contribution in [0.1, 0.15) is 58.3 Å². The summed E-state index contributed by atoms with van der Waals surface area (Å²) in [6, 6.07) is 0. The molecule has 1 aliphatic rings. The fourth-order valence-corrected chi connectivity index (χ4v) is 1.94. The van der Waals surface area contributed by atoms with Crippen LogP contribution in [-0.4, -0.2) is 0 Å². The molecule has 0 aromatic rings. The van der Waals surface area contributed by atoms with Gasteiger partial charge in [0.05, 0.1) is 0 Å². The average molecular weight is 166 g/mol. The Bertz CT molecular complexity index is 124. The van der Waals surface area contributed by atoms with E-state index in [0.29, 0.717) is 0 Å². The summed E-state index contributed by atoms with van der Waals surface area (Å²) in [7, 11) is 0. The highest BCUT2D eigenvalue weighted by Gasteiger charge is 2.05. The predicted octanol–water partition coefficient (Wildman–Crippen LogP) is 4.31. The van der Waals surface area contributed by atoms with Crippen LogP contribution in [0.4, 0.5) is 0 Å². The number of rotatable bonds is 3. The molecular weight excluding hydrogens is 144 g/mol. The molecule has 1 aliphatic carbocycles. The van der Waals surface area contributed by atoms with Crippen molar-refractivity contribution in [3.8, 4) is 0 Å². The third kappa shape index (κ3) is 3.94. The molecule has 0 amide bonds. The van der Waals surface area contributed by atoms with E-state index in [9.17, 15) is 0 Å². The van der Waals surface area contributed by atoms with E-state index in [-0.39, 0.29) is 0 Å². The molecule has 1 unspecified atom stereocenters. The molecule has 0 aliphatic heterocycles. The average Bonchev–Trinajstić information content (AvgIpc) is 2.02. The maximum absolute atomic E-state index is 2.47. The summed E-state index contributed by atoms with van der Waals surface area (Å²) in [5, 5.41) is 0. The van der Waals surface area contributed by atoms with Crippen molar-refractivity contribution < 1.29 is 0 Å². The Balaban J connectivity index is 2.23. The lowest BCUT2D eigenvalue weighted by molar-refractivity contribution is 0.476. The summed E-state index contributed by atoms with van der Waals surface area (Å²) in [5.74, 6) is 0.908. The molecule has 0 nitrogen and oxygen atoms in total.